The zero-order valence-electron chi connectivity index (χ0n) is 5.52. The van der Waals surface area contributed by atoms with Crippen molar-refractivity contribution in [2.24, 2.45) is 5.16 Å². The zero-order chi connectivity index (χ0) is 7.56. The van der Waals surface area contributed by atoms with Crippen LogP contribution in [0.2, 0.25) is 0 Å². The van der Waals surface area contributed by atoms with Crippen molar-refractivity contribution in [3.05, 3.63) is 29.4 Å². The highest BCUT2D eigenvalue weighted by Crippen LogP contribution is 1.85. The van der Waals surface area contributed by atoms with E-state index >= 15 is 0 Å². The number of nitrogens with zero attached hydrogens (tertiary/aromatic N) is 2. The number of aromatic nitrogens is 1. The van der Waals surface area contributed by atoms with Gasteiger partial charge in [0.15, 0.2) is 0 Å². The summed E-state index contributed by atoms with van der Waals surface area (Å²) in [6.45, 7) is 1.74. The van der Waals surface area contributed by atoms with Crippen LogP contribution in [0.5, 0.6) is 0 Å². The molecular formula is C6H8N2O2. The summed E-state index contributed by atoms with van der Waals surface area (Å²) in [5.74, 6) is 0. The Hall–Kier alpha value is -1.45. The summed E-state index contributed by atoms with van der Waals surface area (Å²) in [4.78, 5) is 0. The van der Waals surface area contributed by atoms with E-state index in [0.717, 1.165) is 4.73 Å². The van der Waals surface area contributed by atoms with E-state index in [-0.39, 0.29) is 0 Å². The normalized spacial score (nSPS) is 11.9. The molecule has 0 aromatic carbocycles. The molecule has 54 valence electrons. The predicted molar refractivity (Wildman–Crippen MR) is 33.7 cm³/mol. The Morgan fingerprint density at radius 1 is 1.60 bits per heavy atom. The van der Waals surface area contributed by atoms with Crippen LogP contribution in [0.4, 0.5) is 0 Å². The molecule has 0 spiro atoms. The fraction of sp³-hybridized carbons (Fsp3) is 0.167. The van der Waals surface area contributed by atoms with Crippen molar-refractivity contribution in [1.82, 2.24) is 4.73 Å². The van der Waals surface area contributed by atoms with Gasteiger partial charge >= 0.3 is 0 Å². The van der Waals surface area contributed by atoms with E-state index in [1.165, 1.54) is 18.5 Å². The van der Waals surface area contributed by atoms with Crippen LogP contribution in [0.3, 0.4) is 0 Å². The SMILES string of the molecule is Cc1cn(O)cc/c1=N\O. The van der Waals surface area contributed by atoms with Crippen LogP contribution in [0.15, 0.2) is 23.6 Å². The Morgan fingerprint density at radius 3 is 2.80 bits per heavy atom. The van der Waals surface area contributed by atoms with Crippen LogP contribution in [-0.2, 0) is 0 Å². The highest BCUT2D eigenvalue weighted by atomic mass is 16.5. The lowest BCUT2D eigenvalue weighted by Gasteiger charge is -1.96. The van der Waals surface area contributed by atoms with Gasteiger partial charge in [-0.15, -0.1) is 0 Å². The highest BCUT2D eigenvalue weighted by molar-refractivity contribution is 5.05. The topological polar surface area (TPSA) is 57.8 Å². The first-order valence-corrected chi connectivity index (χ1v) is 2.80. The van der Waals surface area contributed by atoms with E-state index in [2.05, 4.69) is 5.16 Å². The van der Waals surface area contributed by atoms with Crippen molar-refractivity contribution in [3.63, 3.8) is 0 Å². The summed E-state index contributed by atoms with van der Waals surface area (Å²) in [5, 5.41) is 20.6. The van der Waals surface area contributed by atoms with E-state index < -0.39 is 0 Å². The number of rotatable bonds is 0. The number of hydrogen-bond donors (Lipinski definition) is 2. The molecule has 1 aromatic rings. The molecule has 0 aliphatic rings. The summed E-state index contributed by atoms with van der Waals surface area (Å²) < 4.78 is 0.907. The molecule has 0 fully saturated rings. The van der Waals surface area contributed by atoms with Crippen LogP contribution >= 0.6 is 0 Å². The number of pyridine rings is 1. The second-order valence-electron chi connectivity index (χ2n) is 1.99. The third-order valence-electron chi connectivity index (χ3n) is 1.22. The second-order valence-corrected chi connectivity index (χ2v) is 1.99. The lowest BCUT2D eigenvalue weighted by molar-refractivity contribution is 0.183. The fourth-order valence-corrected chi connectivity index (χ4v) is 0.698. The van der Waals surface area contributed by atoms with Crippen LogP contribution in [-0.4, -0.2) is 15.1 Å². The van der Waals surface area contributed by atoms with Crippen LogP contribution < -0.4 is 5.36 Å². The van der Waals surface area contributed by atoms with E-state index in [9.17, 15) is 0 Å². The van der Waals surface area contributed by atoms with Crippen molar-refractivity contribution >= 4 is 0 Å². The molecule has 0 saturated heterocycles. The maximum absolute atomic E-state index is 8.83. The number of aryl methyl sites for hydroxylation is 1. The molecule has 1 heterocycles. The largest absolute Gasteiger partial charge is 0.429 e. The molecule has 10 heavy (non-hydrogen) atoms. The van der Waals surface area contributed by atoms with Gasteiger partial charge in [0.25, 0.3) is 0 Å². The van der Waals surface area contributed by atoms with Gasteiger partial charge in [0, 0.05) is 12.4 Å². The Kier molecular flexibility index (Phi) is 1.62. The van der Waals surface area contributed by atoms with Crippen molar-refractivity contribution < 1.29 is 10.4 Å². The monoisotopic (exact) mass is 140 g/mol. The lowest BCUT2D eigenvalue weighted by Crippen LogP contribution is -2.08. The van der Waals surface area contributed by atoms with Gasteiger partial charge in [0.1, 0.15) is 5.36 Å². The average molecular weight is 140 g/mol. The summed E-state index contributed by atoms with van der Waals surface area (Å²) in [5.41, 5.74) is 0.715. The van der Waals surface area contributed by atoms with Crippen LogP contribution in [0.25, 0.3) is 0 Å². The second kappa shape index (κ2) is 2.43. The summed E-state index contributed by atoms with van der Waals surface area (Å²) in [7, 11) is 0. The molecule has 0 amide bonds. The van der Waals surface area contributed by atoms with E-state index in [0.29, 0.717) is 10.9 Å². The first-order chi connectivity index (χ1) is 4.74. The minimum Gasteiger partial charge on any atom is -0.429 e. The summed E-state index contributed by atoms with van der Waals surface area (Å²) in [6.07, 6.45) is 2.84. The molecule has 4 heteroatoms. The quantitative estimate of drug-likeness (QED) is 0.310. The van der Waals surface area contributed by atoms with Gasteiger partial charge in [0.05, 0.1) is 0 Å². The highest BCUT2D eigenvalue weighted by Gasteiger charge is 1.89. The van der Waals surface area contributed by atoms with Gasteiger partial charge in [0.2, 0.25) is 0 Å². The van der Waals surface area contributed by atoms with Crippen molar-refractivity contribution in [1.29, 1.82) is 0 Å². The predicted octanol–water partition coefficient (Wildman–Crippen LogP) is 0.324. The van der Waals surface area contributed by atoms with Gasteiger partial charge < -0.3 is 10.4 Å². The Morgan fingerprint density at radius 2 is 2.30 bits per heavy atom. The smallest absolute Gasteiger partial charge is 0.108 e. The Bertz CT molecular complexity index is 290. The molecule has 2 N–H and O–H groups in total. The van der Waals surface area contributed by atoms with Crippen molar-refractivity contribution in [2.45, 2.75) is 6.92 Å². The van der Waals surface area contributed by atoms with Crippen molar-refractivity contribution in [3.8, 4) is 0 Å². The molecule has 1 rings (SSSR count). The molecule has 1 aromatic heterocycles. The minimum atomic E-state index is 0.463. The molecule has 4 nitrogen and oxygen atoms in total. The van der Waals surface area contributed by atoms with Crippen LogP contribution in [0, 0.1) is 6.92 Å². The van der Waals surface area contributed by atoms with Gasteiger partial charge in [-0.2, -0.15) is 0 Å². The Balaban J connectivity index is 3.34. The Labute approximate surface area is 57.6 Å². The third-order valence-corrected chi connectivity index (χ3v) is 1.22. The van der Waals surface area contributed by atoms with E-state index in [4.69, 9.17) is 10.4 Å². The van der Waals surface area contributed by atoms with Gasteiger partial charge in [-0.05, 0) is 18.6 Å². The molecule has 0 atom stereocenters. The first kappa shape index (κ1) is 6.67. The van der Waals surface area contributed by atoms with Crippen LogP contribution in [0.1, 0.15) is 5.56 Å². The van der Waals surface area contributed by atoms with E-state index in [1.54, 1.807) is 6.92 Å². The first-order valence-electron chi connectivity index (χ1n) is 2.80. The minimum absolute atomic E-state index is 0.463. The van der Waals surface area contributed by atoms with Gasteiger partial charge in [-0.25, -0.2) is 4.73 Å². The zero-order valence-corrected chi connectivity index (χ0v) is 5.52. The molecule has 0 saturated carbocycles. The van der Waals surface area contributed by atoms with Gasteiger partial charge in [-0.1, -0.05) is 5.16 Å². The summed E-state index contributed by atoms with van der Waals surface area (Å²) in [6, 6.07) is 1.51. The average Bonchev–Trinajstić information content (AvgIpc) is 1.88. The maximum atomic E-state index is 8.83. The molecule has 0 aliphatic heterocycles. The van der Waals surface area contributed by atoms with Crippen molar-refractivity contribution in [2.75, 3.05) is 0 Å². The molecule has 0 bridgehead atoms. The number of hydrogen-bond acceptors (Lipinski definition) is 3. The standard InChI is InChI=1S/C6H8N2O2/c1-5-4-8(10)3-2-6(5)7-9/h2-4,9-10H,1H3/b7-6+. The lowest BCUT2D eigenvalue weighted by atomic mass is 10.3. The van der Waals surface area contributed by atoms with Gasteiger partial charge in [-0.3, -0.25) is 0 Å². The fourth-order valence-electron chi connectivity index (χ4n) is 0.698. The molecule has 0 aliphatic carbocycles. The maximum Gasteiger partial charge on any atom is 0.108 e. The molecular weight excluding hydrogens is 132 g/mol. The van der Waals surface area contributed by atoms with E-state index in [1.807, 2.05) is 0 Å². The molecule has 0 radical (unpaired) electrons. The molecule has 0 unspecified atom stereocenters. The third kappa shape index (κ3) is 1.10. The summed E-state index contributed by atoms with van der Waals surface area (Å²) >= 11 is 0.